The second-order valence-electron chi connectivity index (χ2n) is 6.36. The Morgan fingerprint density at radius 2 is 1.96 bits per heavy atom. The zero-order chi connectivity index (χ0) is 17.2. The van der Waals surface area contributed by atoms with E-state index in [0.29, 0.717) is 13.0 Å². The highest BCUT2D eigenvalue weighted by Crippen LogP contribution is 2.42. The van der Waals surface area contributed by atoms with Gasteiger partial charge in [-0.1, -0.05) is 24.3 Å². The Bertz CT molecular complexity index is 766. The van der Waals surface area contributed by atoms with Gasteiger partial charge in [0.15, 0.2) is 0 Å². The lowest BCUT2D eigenvalue weighted by Crippen LogP contribution is -2.46. The minimum atomic E-state index is -4.02. The average Bonchev–Trinajstić information content (AvgIpc) is 3.21. The summed E-state index contributed by atoms with van der Waals surface area (Å²) in [6.07, 6.45) is 8.20. The number of sulfonamides is 1. The molecule has 1 aromatic rings. The summed E-state index contributed by atoms with van der Waals surface area (Å²) in [4.78, 5) is 12.3. The molecule has 2 atom stereocenters. The molecule has 0 bridgehead atoms. The Morgan fingerprint density at radius 1 is 1.20 bits per heavy atom. The van der Waals surface area contributed by atoms with Crippen molar-refractivity contribution in [3.63, 3.8) is 0 Å². The van der Waals surface area contributed by atoms with Gasteiger partial charge in [-0.25, -0.2) is 13.1 Å². The van der Waals surface area contributed by atoms with Crippen LogP contribution in [0.25, 0.3) is 0 Å². The number of allylic oxidation sites excluding steroid dienone is 1. The molecule has 0 aromatic heterocycles. The van der Waals surface area contributed by atoms with Gasteiger partial charge in [-0.3, -0.25) is 4.79 Å². The molecule has 0 radical (unpaired) electrons. The largest absolute Gasteiger partial charge is 0.492 e. The van der Waals surface area contributed by atoms with Crippen LogP contribution in [0.3, 0.4) is 0 Å². The van der Waals surface area contributed by atoms with Gasteiger partial charge in [0.1, 0.15) is 16.2 Å². The van der Waals surface area contributed by atoms with E-state index in [4.69, 9.17) is 10.5 Å². The van der Waals surface area contributed by atoms with Crippen LogP contribution in [0.1, 0.15) is 32.1 Å². The number of hydrogen-bond acceptors (Lipinski definition) is 5. The number of amides is 1. The third-order valence-electron chi connectivity index (χ3n) is 4.49. The molecule has 3 N–H and O–H groups in total. The van der Waals surface area contributed by atoms with Crippen molar-refractivity contribution < 1.29 is 17.9 Å². The van der Waals surface area contributed by atoms with Gasteiger partial charge < -0.3 is 10.5 Å². The number of carbonyl (C=O) groups excluding carboxylic acids is 1. The van der Waals surface area contributed by atoms with Crippen LogP contribution in [0, 0.1) is 5.92 Å². The number of halogens is 1. The maximum absolute atomic E-state index is 12.6. The molecule has 8 heteroatoms. The fourth-order valence-corrected chi connectivity index (χ4v) is 4.05. The maximum atomic E-state index is 12.6. The molecular formula is C17H23ClN2O4S. The van der Waals surface area contributed by atoms with Crippen molar-refractivity contribution in [2.24, 2.45) is 11.7 Å². The van der Waals surface area contributed by atoms with Crippen molar-refractivity contribution in [3.8, 4) is 5.75 Å². The minimum absolute atomic E-state index is 0. The quantitative estimate of drug-likeness (QED) is 0.665. The van der Waals surface area contributed by atoms with Gasteiger partial charge in [-0.05, 0) is 44.2 Å². The van der Waals surface area contributed by atoms with Crippen molar-refractivity contribution in [2.45, 2.75) is 42.5 Å². The van der Waals surface area contributed by atoms with Crippen molar-refractivity contribution in [3.05, 3.63) is 36.4 Å². The molecule has 25 heavy (non-hydrogen) atoms. The first-order valence-corrected chi connectivity index (χ1v) is 9.66. The SMILES string of the molecule is Cl.N[C@]12C[C@H]1C=CCCCCCOc1ccccc1S(=O)(=O)NC2=O. The summed E-state index contributed by atoms with van der Waals surface area (Å²) < 4.78 is 32.8. The summed E-state index contributed by atoms with van der Waals surface area (Å²) in [6, 6.07) is 6.32. The second-order valence-corrected chi connectivity index (χ2v) is 8.01. The van der Waals surface area contributed by atoms with Crippen molar-refractivity contribution in [1.82, 2.24) is 4.72 Å². The Labute approximate surface area is 154 Å². The lowest BCUT2D eigenvalue weighted by atomic mass is 10.1. The Balaban J connectivity index is 0.00000225. The van der Waals surface area contributed by atoms with Gasteiger partial charge >= 0.3 is 0 Å². The van der Waals surface area contributed by atoms with Crippen LogP contribution < -0.4 is 15.2 Å². The summed E-state index contributed by atoms with van der Waals surface area (Å²) in [7, 11) is -4.02. The molecule has 1 fully saturated rings. The number of nitrogens with one attached hydrogen (secondary N) is 1. The van der Waals surface area contributed by atoms with Crippen LogP contribution in [-0.4, -0.2) is 26.5 Å². The predicted molar refractivity (Wildman–Crippen MR) is 97.1 cm³/mol. The lowest BCUT2D eigenvalue weighted by Gasteiger charge is -2.15. The van der Waals surface area contributed by atoms with Gasteiger partial charge in [0.05, 0.1) is 6.61 Å². The highest BCUT2D eigenvalue weighted by molar-refractivity contribution is 7.90. The van der Waals surface area contributed by atoms with Crippen LogP contribution in [0.5, 0.6) is 5.75 Å². The zero-order valence-electron chi connectivity index (χ0n) is 13.8. The first kappa shape index (κ1) is 19.8. The molecule has 0 saturated heterocycles. The molecular weight excluding hydrogens is 364 g/mol. The van der Waals surface area contributed by atoms with Gasteiger partial charge in [0.25, 0.3) is 15.9 Å². The van der Waals surface area contributed by atoms with Gasteiger partial charge in [0.2, 0.25) is 0 Å². The van der Waals surface area contributed by atoms with Crippen molar-refractivity contribution in [1.29, 1.82) is 0 Å². The molecule has 1 aliphatic heterocycles. The molecule has 138 valence electrons. The number of fused-ring (bicyclic) bond motifs is 2. The third-order valence-corrected chi connectivity index (χ3v) is 5.86. The first-order chi connectivity index (χ1) is 11.4. The van der Waals surface area contributed by atoms with E-state index in [-0.39, 0.29) is 29.0 Å². The van der Waals surface area contributed by atoms with Crippen molar-refractivity contribution in [2.75, 3.05) is 6.61 Å². The van der Waals surface area contributed by atoms with E-state index in [1.165, 1.54) is 6.07 Å². The van der Waals surface area contributed by atoms with E-state index >= 15 is 0 Å². The smallest absolute Gasteiger partial charge is 0.267 e. The standard InChI is InChI=1S/C17H22N2O4S.ClH/c18-17-12-13(17)8-4-2-1-3-7-11-23-14-9-5-6-10-15(14)24(21,22)19-16(17)20;/h4-6,8-10,13H,1-3,7,11-12,18H2,(H,19,20);1H/t13-,17-;/m1./s1. The highest BCUT2D eigenvalue weighted by Gasteiger charge is 2.56. The third kappa shape index (κ3) is 4.34. The number of nitrogens with two attached hydrogens (primary N) is 1. The minimum Gasteiger partial charge on any atom is -0.492 e. The summed E-state index contributed by atoms with van der Waals surface area (Å²) in [5.74, 6) is -0.518. The molecule has 1 aromatic carbocycles. The molecule has 0 spiro atoms. The van der Waals surface area contributed by atoms with Crippen LogP contribution in [0.2, 0.25) is 0 Å². The summed E-state index contributed by atoms with van der Waals surface area (Å²) in [5, 5.41) is 0. The Hall–Kier alpha value is -1.57. The fraction of sp³-hybridized carbons (Fsp3) is 0.471. The zero-order valence-corrected chi connectivity index (χ0v) is 15.4. The maximum Gasteiger partial charge on any atom is 0.267 e. The monoisotopic (exact) mass is 386 g/mol. The molecule has 1 amide bonds. The first-order valence-electron chi connectivity index (χ1n) is 8.18. The molecule has 1 heterocycles. The molecule has 1 aliphatic carbocycles. The van der Waals surface area contributed by atoms with E-state index in [1.807, 2.05) is 12.2 Å². The van der Waals surface area contributed by atoms with Crippen molar-refractivity contribution >= 4 is 28.3 Å². The van der Waals surface area contributed by atoms with Crippen LogP contribution in [0.4, 0.5) is 0 Å². The average molecular weight is 387 g/mol. The molecule has 3 rings (SSSR count). The molecule has 0 unspecified atom stereocenters. The fourth-order valence-electron chi connectivity index (χ4n) is 2.85. The summed E-state index contributed by atoms with van der Waals surface area (Å²) >= 11 is 0. The second kappa shape index (κ2) is 7.76. The van der Waals surface area contributed by atoms with Gasteiger partial charge in [-0.15, -0.1) is 12.4 Å². The van der Waals surface area contributed by atoms with E-state index in [0.717, 1.165) is 25.7 Å². The van der Waals surface area contributed by atoms with Crippen LogP contribution in [-0.2, 0) is 14.8 Å². The Morgan fingerprint density at radius 3 is 2.76 bits per heavy atom. The number of carbonyl (C=O) groups is 1. The number of rotatable bonds is 0. The molecule has 2 aliphatic rings. The predicted octanol–water partition coefficient (Wildman–Crippen LogP) is 2.14. The summed E-state index contributed by atoms with van der Waals surface area (Å²) in [5.41, 5.74) is 4.92. The highest BCUT2D eigenvalue weighted by atomic mass is 35.5. The van der Waals surface area contributed by atoms with Crippen LogP contribution in [0.15, 0.2) is 41.3 Å². The van der Waals surface area contributed by atoms with E-state index in [9.17, 15) is 13.2 Å². The normalized spacial score (nSPS) is 28.7. The topological polar surface area (TPSA) is 98.5 Å². The number of hydrogen-bond donors (Lipinski definition) is 2. The number of benzene rings is 1. The number of ether oxygens (including phenoxy) is 1. The van der Waals surface area contributed by atoms with Crippen LogP contribution >= 0.6 is 12.4 Å². The van der Waals surface area contributed by atoms with E-state index in [1.54, 1.807) is 18.2 Å². The van der Waals surface area contributed by atoms with Gasteiger partial charge in [-0.2, -0.15) is 0 Å². The van der Waals surface area contributed by atoms with Gasteiger partial charge in [0, 0.05) is 5.92 Å². The van der Waals surface area contributed by atoms with E-state index < -0.39 is 21.5 Å². The Kier molecular flexibility index (Phi) is 6.13. The number of para-hydroxylation sites is 1. The molecule has 1 saturated carbocycles. The van der Waals surface area contributed by atoms with E-state index in [2.05, 4.69) is 4.72 Å². The summed E-state index contributed by atoms with van der Waals surface area (Å²) in [6.45, 7) is 0.438. The molecule has 6 nitrogen and oxygen atoms in total. The lowest BCUT2D eigenvalue weighted by molar-refractivity contribution is -0.121.